The molecule has 9 nitrogen and oxygen atoms in total. The summed E-state index contributed by atoms with van der Waals surface area (Å²) >= 11 is 0. The van der Waals surface area contributed by atoms with Crippen LogP contribution in [0.1, 0.15) is 31.2 Å². The number of likely N-dealkylation sites (N-methyl/N-ethyl adjacent to an activating group) is 1. The molecule has 4 rings (SSSR count). The van der Waals surface area contributed by atoms with E-state index in [-0.39, 0.29) is 18.2 Å². The van der Waals surface area contributed by atoms with E-state index in [0.29, 0.717) is 32.5 Å². The molecule has 2 amide bonds. The lowest BCUT2D eigenvalue weighted by atomic mass is 9.92. The van der Waals surface area contributed by atoms with Gasteiger partial charge in [0.2, 0.25) is 0 Å². The first-order valence-electron chi connectivity index (χ1n) is 12.4. The maximum absolute atomic E-state index is 13.8. The molecule has 1 aliphatic carbocycles. The topological polar surface area (TPSA) is 120 Å². The minimum Gasteiger partial charge on any atom is -0.497 e. The van der Waals surface area contributed by atoms with Crippen molar-refractivity contribution >= 4 is 17.4 Å². The Balaban J connectivity index is 1.61. The van der Waals surface area contributed by atoms with E-state index in [0.717, 1.165) is 46.7 Å². The number of amides is 2. The minimum absolute atomic E-state index is 0.0371. The Bertz CT molecular complexity index is 1130. The maximum Gasteiger partial charge on any atom is 0.322 e. The van der Waals surface area contributed by atoms with Gasteiger partial charge in [-0.1, -0.05) is 18.2 Å². The normalized spacial score (nSPS) is 17.4. The van der Waals surface area contributed by atoms with Crippen LogP contribution in [-0.2, 0) is 6.54 Å². The number of H-pyrrole nitrogens is 1. The summed E-state index contributed by atoms with van der Waals surface area (Å²) < 4.78 is 5.38. The van der Waals surface area contributed by atoms with Crippen molar-refractivity contribution in [3.8, 4) is 16.9 Å². The SMILES string of the molecule is COc1cccc(CN(C(=O)Nc2ccc(-c3cn[nH]c3)cc2N(C)CCN)C2CCC(O)CC2)c1. The molecular weight excluding hydrogens is 456 g/mol. The van der Waals surface area contributed by atoms with Crippen molar-refractivity contribution in [1.29, 1.82) is 0 Å². The Morgan fingerprint density at radius 3 is 2.69 bits per heavy atom. The molecule has 0 bridgehead atoms. The fourth-order valence-corrected chi connectivity index (χ4v) is 4.75. The molecule has 0 radical (unpaired) electrons. The average Bonchev–Trinajstić information content (AvgIpc) is 3.43. The molecule has 0 saturated heterocycles. The van der Waals surface area contributed by atoms with Gasteiger partial charge in [-0.15, -0.1) is 0 Å². The number of anilines is 2. The van der Waals surface area contributed by atoms with Crippen molar-refractivity contribution in [2.24, 2.45) is 5.73 Å². The van der Waals surface area contributed by atoms with Gasteiger partial charge in [0.1, 0.15) is 5.75 Å². The van der Waals surface area contributed by atoms with E-state index in [4.69, 9.17) is 10.5 Å². The van der Waals surface area contributed by atoms with Crippen LogP contribution >= 0.6 is 0 Å². The van der Waals surface area contributed by atoms with Gasteiger partial charge in [0.25, 0.3) is 0 Å². The van der Waals surface area contributed by atoms with Crippen molar-refractivity contribution < 1.29 is 14.6 Å². The van der Waals surface area contributed by atoms with Gasteiger partial charge in [0.05, 0.1) is 30.8 Å². The minimum atomic E-state index is -0.296. The fraction of sp³-hybridized carbons (Fsp3) is 0.407. The predicted octanol–water partition coefficient (Wildman–Crippen LogP) is 3.82. The summed E-state index contributed by atoms with van der Waals surface area (Å²) in [7, 11) is 3.60. The van der Waals surface area contributed by atoms with E-state index in [9.17, 15) is 9.90 Å². The second-order valence-corrected chi connectivity index (χ2v) is 9.30. The lowest BCUT2D eigenvalue weighted by Crippen LogP contribution is -2.44. The van der Waals surface area contributed by atoms with E-state index in [1.165, 1.54) is 0 Å². The van der Waals surface area contributed by atoms with Crippen molar-refractivity contribution in [3.63, 3.8) is 0 Å². The molecule has 1 aliphatic rings. The molecule has 0 spiro atoms. The summed E-state index contributed by atoms with van der Waals surface area (Å²) in [5.74, 6) is 0.757. The highest BCUT2D eigenvalue weighted by atomic mass is 16.5. The number of hydrogen-bond donors (Lipinski definition) is 4. The first kappa shape index (κ1) is 25.5. The smallest absolute Gasteiger partial charge is 0.322 e. The van der Waals surface area contributed by atoms with Gasteiger partial charge in [-0.2, -0.15) is 5.10 Å². The second kappa shape index (κ2) is 11.9. The highest BCUT2D eigenvalue weighted by molar-refractivity contribution is 5.94. The number of rotatable bonds is 9. The van der Waals surface area contributed by atoms with E-state index < -0.39 is 0 Å². The van der Waals surface area contributed by atoms with Crippen LogP contribution in [0.25, 0.3) is 11.1 Å². The molecule has 192 valence electrons. The number of aromatic nitrogens is 2. The molecular formula is C27H36N6O3. The van der Waals surface area contributed by atoms with Crippen LogP contribution in [0.4, 0.5) is 16.2 Å². The molecule has 1 aromatic heterocycles. The van der Waals surface area contributed by atoms with Crippen LogP contribution in [0, 0.1) is 0 Å². The number of nitrogens with zero attached hydrogens (tertiary/aromatic N) is 3. The monoisotopic (exact) mass is 492 g/mol. The number of aliphatic hydroxyl groups excluding tert-OH is 1. The van der Waals surface area contributed by atoms with Crippen LogP contribution in [0.5, 0.6) is 5.75 Å². The fourth-order valence-electron chi connectivity index (χ4n) is 4.75. The third-order valence-electron chi connectivity index (χ3n) is 6.80. The van der Waals surface area contributed by atoms with Crippen molar-refractivity contribution in [2.45, 2.75) is 44.4 Å². The molecule has 3 aromatic rings. The van der Waals surface area contributed by atoms with E-state index in [1.807, 2.05) is 65.5 Å². The average molecular weight is 493 g/mol. The van der Waals surface area contributed by atoms with E-state index >= 15 is 0 Å². The van der Waals surface area contributed by atoms with Gasteiger partial charge in [-0.25, -0.2) is 4.79 Å². The summed E-state index contributed by atoms with van der Waals surface area (Å²) in [6, 6.07) is 13.6. The zero-order valence-corrected chi connectivity index (χ0v) is 21.0. The molecule has 5 N–H and O–H groups in total. The Morgan fingerprint density at radius 1 is 1.19 bits per heavy atom. The number of carbonyl (C=O) groups is 1. The summed E-state index contributed by atoms with van der Waals surface area (Å²) in [6.07, 6.45) is 6.22. The quantitative estimate of drug-likeness (QED) is 0.361. The number of ether oxygens (including phenoxy) is 1. The van der Waals surface area contributed by atoms with E-state index in [1.54, 1.807) is 13.3 Å². The zero-order valence-electron chi connectivity index (χ0n) is 21.0. The van der Waals surface area contributed by atoms with Crippen molar-refractivity contribution in [1.82, 2.24) is 15.1 Å². The van der Waals surface area contributed by atoms with Gasteiger partial charge in [0, 0.05) is 44.5 Å². The van der Waals surface area contributed by atoms with E-state index in [2.05, 4.69) is 15.5 Å². The molecule has 2 aromatic carbocycles. The maximum atomic E-state index is 13.8. The summed E-state index contributed by atoms with van der Waals surface area (Å²) in [4.78, 5) is 17.7. The van der Waals surface area contributed by atoms with Gasteiger partial charge < -0.3 is 30.7 Å². The number of methoxy groups -OCH3 is 1. The molecule has 0 aliphatic heterocycles. The summed E-state index contributed by atoms with van der Waals surface area (Å²) in [6.45, 7) is 1.59. The number of benzene rings is 2. The Morgan fingerprint density at radius 2 is 2.00 bits per heavy atom. The van der Waals surface area contributed by atoms with Gasteiger partial charge >= 0.3 is 6.03 Å². The van der Waals surface area contributed by atoms with Crippen LogP contribution < -0.4 is 20.7 Å². The molecule has 0 atom stereocenters. The second-order valence-electron chi connectivity index (χ2n) is 9.30. The van der Waals surface area contributed by atoms with Crippen LogP contribution in [0.15, 0.2) is 54.9 Å². The number of carbonyl (C=O) groups excluding carboxylic acids is 1. The molecule has 9 heteroatoms. The third-order valence-corrected chi connectivity index (χ3v) is 6.80. The highest BCUT2D eigenvalue weighted by Crippen LogP contribution is 2.32. The molecule has 36 heavy (non-hydrogen) atoms. The Kier molecular flexibility index (Phi) is 8.45. The van der Waals surface area contributed by atoms with Crippen LogP contribution in [0.2, 0.25) is 0 Å². The standard InChI is InChI=1S/C27H36N6O3/c1-32(13-12-28)26-15-20(21-16-29-30-17-21)6-11-25(26)31-27(35)33(22-7-9-23(34)10-8-22)18-19-4-3-5-24(14-19)36-2/h3-6,11,14-17,22-23,34H,7-10,12-13,18,28H2,1-2H3,(H,29,30)(H,31,35). The van der Waals surface area contributed by atoms with Gasteiger partial charge in [0.15, 0.2) is 0 Å². The first-order valence-corrected chi connectivity index (χ1v) is 12.4. The summed E-state index contributed by atoms with van der Waals surface area (Å²) in [5, 5.41) is 20.1. The van der Waals surface area contributed by atoms with Crippen molar-refractivity contribution in [2.75, 3.05) is 37.5 Å². The van der Waals surface area contributed by atoms with Gasteiger partial charge in [-0.3, -0.25) is 5.10 Å². The summed E-state index contributed by atoms with van der Waals surface area (Å²) in [5.41, 5.74) is 10.4. The Labute approximate surface area is 212 Å². The highest BCUT2D eigenvalue weighted by Gasteiger charge is 2.29. The zero-order chi connectivity index (χ0) is 25.5. The number of aromatic amines is 1. The lowest BCUT2D eigenvalue weighted by molar-refractivity contribution is 0.0849. The van der Waals surface area contributed by atoms with Crippen molar-refractivity contribution in [3.05, 3.63) is 60.4 Å². The molecule has 1 saturated carbocycles. The third kappa shape index (κ3) is 6.16. The van der Waals surface area contributed by atoms with Crippen LogP contribution in [-0.4, -0.2) is 65.6 Å². The Hall–Kier alpha value is -3.56. The first-order chi connectivity index (χ1) is 17.5. The number of urea groups is 1. The molecule has 1 fully saturated rings. The largest absolute Gasteiger partial charge is 0.497 e. The molecule has 0 unspecified atom stereocenters. The number of nitrogens with two attached hydrogens (primary N) is 1. The predicted molar refractivity (Wildman–Crippen MR) is 142 cm³/mol. The number of nitrogens with one attached hydrogen (secondary N) is 2. The van der Waals surface area contributed by atoms with Crippen LogP contribution in [0.3, 0.4) is 0 Å². The number of aliphatic hydroxyl groups is 1. The lowest BCUT2D eigenvalue weighted by Gasteiger charge is -2.36. The van der Waals surface area contributed by atoms with Gasteiger partial charge in [-0.05, 0) is 61.1 Å². The molecule has 1 heterocycles. The number of hydrogen-bond acceptors (Lipinski definition) is 6.